The molecule has 13 nitrogen and oxygen atoms in total. The average Bonchev–Trinajstić information content (AvgIpc) is 3.10. The van der Waals surface area contributed by atoms with E-state index in [1.807, 2.05) is 57.1 Å². The third-order valence-corrected chi connectivity index (χ3v) is 9.94. The number of nitrogens with one attached hydrogen (secondary N) is 2. The van der Waals surface area contributed by atoms with Crippen molar-refractivity contribution in [2.24, 2.45) is 0 Å². The van der Waals surface area contributed by atoms with Gasteiger partial charge in [-0.25, -0.2) is 13.3 Å². The van der Waals surface area contributed by atoms with Crippen LogP contribution >= 0.6 is 0 Å². The number of benzene rings is 2. The molecule has 2 saturated heterocycles. The van der Waals surface area contributed by atoms with E-state index in [-0.39, 0.29) is 42.0 Å². The minimum Gasteiger partial charge on any atom is -0.488 e. The maximum atomic E-state index is 13.4. The molecule has 2 aromatic carbocycles. The number of hydrogen-bond donors (Lipinski definition) is 2. The summed E-state index contributed by atoms with van der Waals surface area (Å²) in [5.41, 5.74) is 0.686. The van der Waals surface area contributed by atoms with Crippen LogP contribution in [0, 0.1) is 0 Å². The number of alkyl carbamates (subject to hydrolysis) is 1. The highest BCUT2D eigenvalue weighted by molar-refractivity contribution is 7.82. The lowest BCUT2D eigenvalue weighted by molar-refractivity contribution is -0.121. The van der Waals surface area contributed by atoms with Crippen LogP contribution in [0.4, 0.5) is 4.79 Å². The number of amides is 3. The molecule has 0 spiro atoms. The van der Waals surface area contributed by atoms with Gasteiger partial charge < -0.3 is 29.8 Å². The van der Waals surface area contributed by atoms with Gasteiger partial charge in [-0.3, -0.25) is 19.3 Å². The van der Waals surface area contributed by atoms with Crippen LogP contribution < -0.4 is 15.4 Å². The molecule has 51 heavy (non-hydrogen) atoms. The lowest BCUT2D eigenvalue weighted by Gasteiger charge is -2.39. The van der Waals surface area contributed by atoms with E-state index in [0.29, 0.717) is 68.8 Å². The highest BCUT2D eigenvalue weighted by Crippen LogP contribution is 2.25. The van der Waals surface area contributed by atoms with Gasteiger partial charge in [-0.05, 0) is 69.9 Å². The quantitative estimate of drug-likeness (QED) is 0.275. The second-order valence-corrected chi connectivity index (χ2v) is 14.9. The van der Waals surface area contributed by atoms with Crippen molar-refractivity contribution in [2.45, 2.75) is 95.5 Å². The van der Waals surface area contributed by atoms with Gasteiger partial charge in [0.1, 0.15) is 34.7 Å². The Morgan fingerprint density at radius 1 is 1.06 bits per heavy atom. The van der Waals surface area contributed by atoms with Gasteiger partial charge in [0.05, 0.1) is 16.5 Å². The number of hydrogen-bond acceptors (Lipinski definition) is 9. The number of nitrogens with zero attached hydrogens (tertiary/aromatic N) is 3. The van der Waals surface area contributed by atoms with E-state index >= 15 is 0 Å². The molecule has 2 fully saturated rings. The molecular weight excluding hydrogens is 675 g/mol. The fourth-order valence-electron chi connectivity index (χ4n) is 5.71. The predicted molar refractivity (Wildman–Crippen MR) is 195 cm³/mol. The van der Waals surface area contributed by atoms with Gasteiger partial charge in [-0.1, -0.05) is 32.0 Å². The van der Waals surface area contributed by atoms with E-state index in [1.54, 1.807) is 24.3 Å². The number of likely N-dealkylation sites (N-methyl/N-ethyl adjacent to an activating group) is 1. The van der Waals surface area contributed by atoms with Gasteiger partial charge in [0.15, 0.2) is 6.29 Å². The summed E-state index contributed by atoms with van der Waals surface area (Å²) < 4.78 is 26.8. The summed E-state index contributed by atoms with van der Waals surface area (Å²) in [6, 6.07) is 11.5. The van der Waals surface area contributed by atoms with Crippen LogP contribution in [0.1, 0.15) is 86.6 Å². The summed E-state index contributed by atoms with van der Waals surface area (Å²) in [6.07, 6.45) is 2.33. The number of rotatable bonds is 14. The van der Waals surface area contributed by atoms with Crippen molar-refractivity contribution in [3.8, 4) is 5.75 Å². The maximum Gasteiger partial charge on any atom is 0.407 e. The van der Waals surface area contributed by atoms with Crippen LogP contribution in [0.5, 0.6) is 5.75 Å². The van der Waals surface area contributed by atoms with Gasteiger partial charge in [-0.2, -0.15) is 0 Å². The summed E-state index contributed by atoms with van der Waals surface area (Å²) in [6.45, 7) is 12.4. The fourth-order valence-corrected chi connectivity index (χ4v) is 6.96. The van der Waals surface area contributed by atoms with Crippen LogP contribution in [0.2, 0.25) is 0 Å². The first-order valence-corrected chi connectivity index (χ1v) is 18.6. The molecule has 0 radical (unpaired) electrons. The van der Waals surface area contributed by atoms with E-state index in [2.05, 4.69) is 15.5 Å². The SMILES string of the molecule is CC.CNC(=O)CCC(C=O)N(C)C(=O)c1cc(CN2CC(Oc3cccc(S(=O)N4CCC(NC(=O)OC(C)(C)C)CC4)c3)C2)ccc1C=O. The van der Waals surface area contributed by atoms with Gasteiger partial charge >= 0.3 is 6.09 Å². The minimum atomic E-state index is -1.37. The van der Waals surface area contributed by atoms with Crippen molar-refractivity contribution in [1.82, 2.24) is 24.7 Å². The Hall–Kier alpha value is -4.14. The van der Waals surface area contributed by atoms with Gasteiger partial charge in [0, 0.05) is 64.8 Å². The van der Waals surface area contributed by atoms with E-state index in [1.165, 1.54) is 19.0 Å². The highest BCUT2D eigenvalue weighted by Gasteiger charge is 2.31. The first-order valence-electron chi connectivity index (χ1n) is 17.5. The van der Waals surface area contributed by atoms with Crippen LogP contribution in [0.25, 0.3) is 0 Å². The molecule has 14 heteroatoms. The Morgan fingerprint density at radius 3 is 2.35 bits per heavy atom. The third-order valence-electron chi connectivity index (χ3n) is 8.45. The molecule has 2 unspecified atom stereocenters. The van der Waals surface area contributed by atoms with Gasteiger partial charge in [0.2, 0.25) is 5.91 Å². The minimum absolute atomic E-state index is 0.0307. The molecule has 0 aromatic heterocycles. The zero-order valence-corrected chi connectivity index (χ0v) is 31.6. The first kappa shape index (κ1) is 41.3. The molecular formula is C37H53N5O8S. The molecule has 2 aliphatic rings. The fraction of sp³-hybridized carbons (Fsp3) is 0.541. The molecule has 2 aliphatic heterocycles. The van der Waals surface area contributed by atoms with E-state index in [0.717, 1.165) is 5.56 Å². The molecule has 2 atom stereocenters. The predicted octanol–water partition coefficient (Wildman–Crippen LogP) is 3.97. The lowest BCUT2D eigenvalue weighted by Crippen LogP contribution is -2.53. The van der Waals surface area contributed by atoms with Crippen LogP contribution in [-0.2, 0) is 31.9 Å². The topological polar surface area (TPSA) is 155 Å². The average molecular weight is 728 g/mol. The molecule has 2 aromatic rings. The number of carbonyl (C=O) groups excluding carboxylic acids is 5. The molecule has 2 heterocycles. The van der Waals surface area contributed by atoms with E-state index in [4.69, 9.17) is 9.47 Å². The van der Waals surface area contributed by atoms with Crippen LogP contribution in [0.15, 0.2) is 47.4 Å². The van der Waals surface area contributed by atoms with E-state index < -0.39 is 34.6 Å². The van der Waals surface area contributed by atoms with Crippen molar-refractivity contribution in [2.75, 3.05) is 40.3 Å². The standard InChI is InChI=1S/C35H47N5O8S.C2H6/c1-35(2,3)48-34(45)37-26-13-15-40(16-14-26)49(46)30-8-6-7-28(18-30)47-29-20-39(21-29)19-24-9-10-25(22-41)31(17-24)33(44)38(5)27(23-42)11-12-32(43)36-4;1-2/h6-10,17-18,22-23,26-27,29H,11-16,19-21H2,1-5H3,(H,36,43)(H,37,45);1-2H3. The molecule has 3 amide bonds. The summed E-state index contributed by atoms with van der Waals surface area (Å²) in [5.74, 6) is -0.0722. The number of piperidine rings is 1. The molecule has 280 valence electrons. The van der Waals surface area contributed by atoms with Crippen molar-refractivity contribution in [3.05, 3.63) is 59.2 Å². The molecule has 0 aliphatic carbocycles. The first-order chi connectivity index (χ1) is 24.3. The summed E-state index contributed by atoms with van der Waals surface area (Å²) in [4.78, 5) is 64.6. The molecule has 0 bridgehead atoms. The normalized spacial score (nSPS) is 16.7. The second kappa shape index (κ2) is 19.5. The van der Waals surface area contributed by atoms with Gasteiger partial charge in [0.25, 0.3) is 5.91 Å². The largest absolute Gasteiger partial charge is 0.488 e. The Bertz CT molecular complexity index is 1530. The Kier molecular flexibility index (Phi) is 15.8. The highest BCUT2D eigenvalue weighted by atomic mass is 32.2. The maximum absolute atomic E-state index is 13.4. The number of carbonyl (C=O) groups is 5. The Morgan fingerprint density at radius 2 is 1.75 bits per heavy atom. The van der Waals surface area contributed by atoms with Crippen molar-refractivity contribution >= 4 is 41.5 Å². The van der Waals surface area contributed by atoms with Crippen LogP contribution in [-0.4, -0.2) is 113 Å². The smallest absolute Gasteiger partial charge is 0.407 e. The Labute approximate surface area is 304 Å². The van der Waals surface area contributed by atoms with Crippen molar-refractivity contribution < 1.29 is 37.7 Å². The lowest BCUT2D eigenvalue weighted by atomic mass is 10.0. The van der Waals surface area contributed by atoms with Gasteiger partial charge in [-0.15, -0.1) is 0 Å². The monoisotopic (exact) mass is 727 g/mol. The zero-order chi connectivity index (χ0) is 37.7. The number of ether oxygens (including phenoxy) is 2. The zero-order valence-electron chi connectivity index (χ0n) is 30.8. The second-order valence-electron chi connectivity index (χ2n) is 13.4. The molecule has 2 N–H and O–H groups in total. The molecule has 4 rings (SSSR count). The third kappa shape index (κ3) is 12.3. The van der Waals surface area contributed by atoms with E-state index in [9.17, 15) is 28.2 Å². The molecule has 0 saturated carbocycles. The Balaban J connectivity index is 0.00000345. The van der Waals surface area contributed by atoms with Crippen molar-refractivity contribution in [3.63, 3.8) is 0 Å². The van der Waals surface area contributed by atoms with Crippen LogP contribution in [0.3, 0.4) is 0 Å². The number of aldehydes is 2. The summed E-state index contributed by atoms with van der Waals surface area (Å²) >= 11 is 0. The summed E-state index contributed by atoms with van der Waals surface area (Å²) in [7, 11) is 1.62. The number of likely N-dealkylation sites (tertiary alicyclic amines) is 1. The summed E-state index contributed by atoms with van der Waals surface area (Å²) in [5, 5.41) is 5.40. The van der Waals surface area contributed by atoms with Crippen molar-refractivity contribution in [1.29, 1.82) is 0 Å².